The van der Waals surface area contributed by atoms with Crippen LogP contribution in [0.4, 0.5) is 0 Å². The molecule has 5 nitrogen and oxygen atoms in total. The molecule has 122 valence electrons. The van der Waals surface area contributed by atoms with Crippen molar-refractivity contribution in [3.8, 4) is 0 Å². The van der Waals surface area contributed by atoms with Gasteiger partial charge in [-0.2, -0.15) is 0 Å². The van der Waals surface area contributed by atoms with Crippen molar-refractivity contribution < 1.29 is 9.53 Å². The van der Waals surface area contributed by atoms with Crippen molar-refractivity contribution in [1.29, 1.82) is 0 Å². The molecule has 2 atom stereocenters. The van der Waals surface area contributed by atoms with Crippen LogP contribution in [0.25, 0.3) is 0 Å². The van der Waals surface area contributed by atoms with Gasteiger partial charge in [0, 0.05) is 25.7 Å². The first-order valence-corrected chi connectivity index (χ1v) is 8.42. The van der Waals surface area contributed by atoms with Gasteiger partial charge in [-0.05, 0) is 51.5 Å². The highest BCUT2D eigenvalue weighted by atomic mass is 16.5. The molecule has 3 N–H and O–H groups in total. The van der Waals surface area contributed by atoms with Gasteiger partial charge in [-0.3, -0.25) is 9.69 Å². The summed E-state index contributed by atoms with van der Waals surface area (Å²) >= 11 is 0. The van der Waals surface area contributed by atoms with Gasteiger partial charge in [-0.1, -0.05) is 6.92 Å². The minimum Gasteiger partial charge on any atom is -0.383 e. The number of amides is 1. The Morgan fingerprint density at radius 2 is 2.14 bits per heavy atom. The van der Waals surface area contributed by atoms with E-state index in [1.165, 1.54) is 19.3 Å². The van der Waals surface area contributed by atoms with E-state index in [-0.39, 0.29) is 5.91 Å². The van der Waals surface area contributed by atoms with Crippen LogP contribution in [0.5, 0.6) is 0 Å². The number of carbonyl (C=O) groups excluding carboxylic acids is 1. The van der Waals surface area contributed by atoms with E-state index >= 15 is 0 Å². The van der Waals surface area contributed by atoms with Crippen molar-refractivity contribution in [2.45, 2.75) is 69.5 Å². The third-order valence-electron chi connectivity index (χ3n) is 4.95. The number of nitrogens with zero attached hydrogens (tertiary/aromatic N) is 1. The average Bonchev–Trinajstić information content (AvgIpc) is 3.30. The van der Waals surface area contributed by atoms with Crippen LogP contribution < -0.4 is 11.1 Å². The SMILES string of the molecule is CCCNC1(C(N)=O)CCCC(N(CCOC)C2CC2)C1. The number of ether oxygens (including phenoxy) is 1. The molecule has 2 rings (SSSR count). The molecular weight excluding hydrogens is 266 g/mol. The Morgan fingerprint density at radius 3 is 2.71 bits per heavy atom. The smallest absolute Gasteiger partial charge is 0.237 e. The van der Waals surface area contributed by atoms with Crippen LogP contribution in [0.1, 0.15) is 51.9 Å². The summed E-state index contributed by atoms with van der Waals surface area (Å²) < 4.78 is 5.26. The monoisotopic (exact) mass is 297 g/mol. The summed E-state index contributed by atoms with van der Waals surface area (Å²) in [5.74, 6) is -0.178. The highest BCUT2D eigenvalue weighted by Gasteiger charge is 2.44. The predicted octanol–water partition coefficient (Wildman–Crippen LogP) is 1.26. The van der Waals surface area contributed by atoms with Crippen LogP contribution in [0, 0.1) is 0 Å². The van der Waals surface area contributed by atoms with Crippen molar-refractivity contribution in [2.24, 2.45) is 5.73 Å². The van der Waals surface area contributed by atoms with Crippen LogP contribution in [0.3, 0.4) is 0 Å². The largest absolute Gasteiger partial charge is 0.383 e. The van der Waals surface area contributed by atoms with Gasteiger partial charge in [0.15, 0.2) is 0 Å². The number of methoxy groups -OCH3 is 1. The van der Waals surface area contributed by atoms with E-state index < -0.39 is 5.54 Å². The lowest BCUT2D eigenvalue weighted by Crippen LogP contribution is -2.61. The molecule has 21 heavy (non-hydrogen) atoms. The molecule has 0 aromatic heterocycles. The van der Waals surface area contributed by atoms with Gasteiger partial charge >= 0.3 is 0 Å². The maximum absolute atomic E-state index is 12.1. The fraction of sp³-hybridized carbons (Fsp3) is 0.938. The number of nitrogens with one attached hydrogen (secondary N) is 1. The van der Waals surface area contributed by atoms with Crippen LogP contribution in [0.2, 0.25) is 0 Å². The third-order valence-corrected chi connectivity index (χ3v) is 4.95. The summed E-state index contributed by atoms with van der Waals surface area (Å²) in [6.45, 7) is 4.71. The molecule has 0 aromatic rings. The van der Waals surface area contributed by atoms with Crippen molar-refractivity contribution in [1.82, 2.24) is 10.2 Å². The molecule has 2 unspecified atom stereocenters. The molecule has 0 bridgehead atoms. The van der Waals surface area contributed by atoms with E-state index in [0.29, 0.717) is 12.1 Å². The van der Waals surface area contributed by atoms with Gasteiger partial charge in [0.05, 0.1) is 12.1 Å². The Bertz CT molecular complexity index is 346. The standard InChI is InChI=1S/C16H31N3O2/c1-3-9-18-16(15(17)20)8-4-5-14(12-16)19(10-11-21-2)13-6-7-13/h13-14,18H,3-12H2,1-2H3,(H2,17,20). The third kappa shape index (κ3) is 4.18. The normalized spacial score (nSPS) is 29.8. The van der Waals surface area contributed by atoms with E-state index in [2.05, 4.69) is 17.1 Å². The van der Waals surface area contributed by atoms with Crippen LogP contribution in [-0.2, 0) is 9.53 Å². The Hall–Kier alpha value is -0.650. The number of primary amides is 1. The highest BCUT2D eigenvalue weighted by molar-refractivity contribution is 5.84. The Morgan fingerprint density at radius 1 is 1.38 bits per heavy atom. The van der Waals surface area contributed by atoms with Crippen molar-refractivity contribution in [3.63, 3.8) is 0 Å². The molecule has 0 heterocycles. The van der Waals surface area contributed by atoms with Gasteiger partial charge < -0.3 is 15.8 Å². The van der Waals surface area contributed by atoms with Crippen molar-refractivity contribution in [3.05, 3.63) is 0 Å². The van der Waals surface area contributed by atoms with E-state index in [1.807, 2.05) is 0 Å². The minimum atomic E-state index is -0.501. The number of nitrogens with two attached hydrogens (primary N) is 1. The van der Waals surface area contributed by atoms with E-state index in [0.717, 1.165) is 45.4 Å². The first kappa shape index (κ1) is 16.7. The molecular formula is C16H31N3O2. The van der Waals surface area contributed by atoms with E-state index in [4.69, 9.17) is 10.5 Å². The van der Waals surface area contributed by atoms with Crippen LogP contribution in [-0.4, -0.2) is 55.2 Å². The zero-order valence-electron chi connectivity index (χ0n) is 13.6. The molecule has 2 aliphatic carbocycles. The molecule has 0 aromatic carbocycles. The molecule has 0 radical (unpaired) electrons. The fourth-order valence-electron chi connectivity index (χ4n) is 3.63. The molecule has 1 amide bonds. The fourth-order valence-corrected chi connectivity index (χ4v) is 3.63. The molecule has 2 fully saturated rings. The first-order valence-electron chi connectivity index (χ1n) is 8.42. The van der Waals surface area contributed by atoms with E-state index in [9.17, 15) is 4.79 Å². The zero-order valence-corrected chi connectivity index (χ0v) is 13.6. The minimum absolute atomic E-state index is 0.178. The molecule has 5 heteroatoms. The zero-order chi connectivity index (χ0) is 15.3. The Balaban J connectivity index is 2.03. The lowest BCUT2D eigenvalue weighted by atomic mass is 9.77. The quantitative estimate of drug-likeness (QED) is 0.672. The van der Waals surface area contributed by atoms with Gasteiger partial charge in [0.25, 0.3) is 0 Å². The second-order valence-corrected chi connectivity index (χ2v) is 6.59. The second kappa shape index (κ2) is 7.56. The number of carbonyl (C=O) groups is 1. The van der Waals surface area contributed by atoms with E-state index in [1.54, 1.807) is 7.11 Å². The van der Waals surface area contributed by atoms with Crippen LogP contribution >= 0.6 is 0 Å². The lowest BCUT2D eigenvalue weighted by Gasteiger charge is -2.43. The predicted molar refractivity (Wildman–Crippen MR) is 84.1 cm³/mol. The maximum atomic E-state index is 12.1. The number of rotatable bonds is 9. The molecule has 0 aliphatic heterocycles. The van der Waals surface area contributed by atoms with Gasteiger partial charge in [-0.15, -0.1) is 0 Å². The second-order valence-electron chi connectivity index (χ2n) is 6.59. The summed E-state index contributed by atoms with van der Waals surface area (Å²) in [6, 6.07) is 1.15. The topological polar surface area (TPSA) is 67.6 Å². The molecule has 2 saturated carbocycles. The summed E-state index contributed by atoms with van der Waals surface area (Å²) in [5, 5.41) is 3.45. The first-order chi connectivity index (χ1) is 10.1. The Kier molecular flexibility index (Phi) is 6.02. The summed E-state index contributed by atoms with van der Waals surface area (Å²) in [4.78, 5) is 14.6. The maximum Gasteiger partial charge on any atom is 0.237 e. The van der Waals surface area contributed by atoms with Crippen molar-refractivity contribution >= 4 is 5.91 Å². The number of hydrogen-bond acceptors (Lipinski definition) is 4. The summed E-state index contributed by atoms with van der Waals surface area (Å²) in [5.41, 5.74) is 5.25. The molecule has 0 saturated heterocycles. The lowest BCUT2D eigenvalue weighted by molar-refractivity contribution is -0.126. The van der Waals surface area contributed by atoms with Crippen LogP contribution in [0.15, 0.2) is 0 Å². The highest BCUT2D eigenvalue weighted by Crippen LogP contribution is 2.37. The van der Waals surface area contributed by atoms with Gasteiger partial charge in [-0.25, -0.2) is 0 Å². The van der Waals surface area contributed by atoms with Crippen molar-refractivity contribution in [2.75, 3.05) is 26.8 Å². The summed E-state index contributed by atoms with van der Waals surface area (Å²) in [7, 11) is 1.75. The van der Waals surface area contributed by atoms with Gasteiger partial charge in [0.1, 0.15) is 0 Å². The number of hydrogen-bond donors (Lipinski definition) is 2. The molecule has 2 aliphatic rings. The van der Waals surface area contributed by atoms with Gasteiger partial charge in [0.2, 0.25) is 5.91 Å². The average molecular weight is 297 g/mol. The summed E-state index contributed by atoms with van der Waals surface area (Å²) in [6.07, 6.45) is 7.56. The Labute approximate surface area is 128 Å². The molecule has 0 spiro atoms.